The van der Waals surface area contributed by atoms with Crippen molar-refractivity contribution in [3.63, 3.8) is 0 Å². The largest absolute Gasteiger partial charge is 0.574 e. The lowest BCUT2D eigenvalue weighted by molar-refractivity contribution is -0.277. The Morgan fingerprint density at radius 3 is 2.50 bits per heavy atom. The van der Waals surface area contributed by atoms with Crippen molar-refractivity contribution in [2.45, 2.75) is 6.36 Å². The number of hydrogen-bond donors (Lipinski definition) is 1. The number of nitrogens with one attached hydrogen (secondary N) is 1. The van der Waals surface area contributed by atoms with Gasteiger partial charge in [-0.05, 0) is 0 Å². The number of pyridine rings is 1. The van der Waals surface area contributed by atoms with Crippen LogP contribution in [0.4, 0.5) is 17.6 Å². The highest BCUT2D eigenvalue weighted by Crippen LogP contribution is 2.23. The van der Waals surface area contributed by atoms with Crippen LogP contribution >= 0.6 is 11.6 Å². The van der Waals surface area contributed by atoms with Gasteiger partial charge in [-0.2, -0.15) is 0 Å². The number of aromatic amines is 1. The van der Waals surface area contributed by atoms with Gasteiger partial charge in [0.05, 0.1) is 0 Å². The summed E-state index contributed by atoms with van der Waals surface area (Å²) in [7, 11) is 0. The molecular formula is C6H2ClF4NO2. The quantitative estimate of drug-likeness (QED) is 0.752. The second-order valence-corrected chi connectivity index (χ2v) is 2.58. The van der Waals surface area contributed by atoms with Gasteiger partial charge in [0.2, 0.25) is 5.88 Å². The minimum absolute atomic E-state index is 0.432. The van der Waals surface area contributed by atoms with E-state index in [1.54, 1.807) is 0 Å². The van der Waals surface area contributed by atoms with E-state index < -0.39 is 28.6 Å². The van der Waals surface area contributed by atoms with E-state index in [9.17, 15) is 22.4 Å². The lowest BCUT2D eigenvalue weighted by Gasteiger charge is -2.08. The third-order valence-corrected chi connectivity index (χ3v) is 1.41. The average molecular weight is 232 g/mol. The Balaban J connectivity index is 3.11. The summed E-state index contributed by atoms with van der Waals surface area (Å²) in [6.45, 7) is 0. The van der Waals surface area contributed by atoms with E-state index in [-0.39, 0.29) is 0 Å². The van der Waals surface area contributed by atoms with Crippen LogP contribution in [-0.4, -0.2) is 11.3 Å². The fourth-order valence-corrected chi connectivity index (χ4v) is 0.798. The molecule has 1 heterocycles. The van der Waals surface area contributed by atoms with E-state index >= 15 is 0 Å². The van der Waals surface area contributed by atoms with Crippen LogP contribution in [0.3, 0.4) is 0 Å². The molecule has 1 rings (SSSR count). The van der Waals surface area contributed by atoms with Crippen molar-refractivity contribution in [3.8, 4) is 5.88 Å². The van der Waals surface area contributed by atoms with Crippen LogP contribution in [0.2, 0.25) is 5.02 Å². The topological polar surface area (TPSA) is 42.1 Å². The summed E-state index contributed by atoms with van der Waals surface area (Å²) < 4.78 is 50.7. The number of alkyl halides is 3. The molecule has 0 aliphatic rings. The smallest absolute Gasteiger partial charge is 0.387 e. The van der Waals surface area contributed by atoms with Crippen molar-refractivity contribution in [1.29, 1.82) is 0 Å². The summed E-state index contributed by atoms with van der Waals surface area (Å²) >= 11 is 5.14. The van der Waals surface area contributed by atoms with Crippen LogP contribution in [0.15, 0.2) is 10.9 Å². The third-order valence-electron chi connectivity index (χ3n) is 1.13. The van der Waals surface area contributed by atoms with Gasteiger partial charge >= 0.3 is 6.36 Å². The van der Waals surface area contributed by atoms with Crippen molar-refractivity contribution < 1.29 is 22.3 Å². The highest BCUT2D eigenvalue weighted by atomic mass is 35.5. The van der Waals surface area contributed by atoms with Crippen LogP contribution < -0.4 is 10.3 Å². The Morgan fingerprint density at radius 2 is 2.00 bits per heavy atom. The lowest BCUT2D eigenvalue weighted by Crippen LogP contribution is -2.21. The molecule has 0 saturated heterocycles. The summed E-state index contributed by atoms with van der Waals surface area (Å²) in [5, 5.41) is -0.558. The minimum Gasteiger partial charge on any atom is -0.387 e. The van der Waals surface area contributed by atoms with Gasteiger partial charge in [-0.3, -0.25) is 9.78 Å². The molecule has 0 amide bonds. The summed E-state index contributed by atoms with van der Waals surface area (Å²) in [6, 6.07) is 0.432. The van der Waals surface area contributed by atoms with Gasteiger partial charge in [-0.15, -0.1) is 13.2 Å². The van der Waals surface area contributed by atoms with Gasteiger partial charge in [-0.1, -0.05) is 11.6 Å². The first-order valence-corrected chi connectivity index (χ1v) is 3.51. The normalized spacial score (nSPS) is 11.5. The molecule has 0 unspecified atom stereocenters. The van der Waals surface area contributed by atoms with Crippen LogP contribution in [0.25, 0.3) is 0 Å². The van der Waals surface area contributed by atoms with Crippen molar-refractivity contribution >= 4 is 11.6 Å². The zero-order chi connectivity index (χ0) is 10.9. The third kappa shape index (κ3) is 2.63. The molecule has 0 bridgehead atoms. The predicted octanol–water partition coefficient (Wildman–Crippen LogP) is 2.07. The molecule has 0 atom stereocenters. The molecule has 0 aromatic carbocycles. The average Bonchev–Trinajstić information content (AvgIpc) is 1.97. The van der Waals surface area contributed by atoms with Gasteiger partial charge in [0.1, 0.15) is 5.02 Å². The molecule has 8 heteroatoms. The molecule has 1 N–H and O–H groups in total. The SMILES string of the molecule is O=c1[nH]c(OC(F)(F)F)c(F)cc1Cl. The van der Waals surface area contributed by atoms with Gasteiger partial charge < -0.3 is 4.74 Å². The Hall–Kier alpha value is -1.24. The molecular weight excluding hydrogens is 230 g/mol. The van der Waals surface area contributed by atoms with E-state index in [0.29, 0.717) is 6.07 Å². The number of ether oxygens (including phenoxy) is 1. The van der Waals surface area contributed by atoms with E-state index in [2.05, 4.69) is 4.74 Å². The Morgan fingerprint density at radius 1 is 1.43 bits per heavy atom. The van der Waals surface area contributed by atoms with Crippen molar-refractivity contribution in [2.75, 3.05) is 0 Å². The summed E-state index contributed by atoms with van der Waals surface area (Å²) in [4.78, 5) is 12.2. The fourth-order valence-electron chi connectivity index (χ4n) is 0.655. The van der Waals surface area contributed by atoms with Gasteiger partial charge in [-0.25, -0.2) is 4.39 Å². The molecule has 14 heavy (non-hydrogen) atoms. The standard InChI is InChI=1S/C6H2ClF4NO2/c7-2-1-3(8)5(12-4(2)13)14-6(9,10)11/h1H,(H,12,13). The first-order chi connectivity index (χ1) is 6.29. The Labute approximate surface area is 79.3 Å². The van der Waals surface area contributed by atoms with E-state index in [0.717, 1.165) is 0 Å². The number of aromatic nitrogens is 1. The summed E-state index contributed by atoms with van der Waals surface area (Å²) in [5.41, 5.74) is -1.06. The molecule has 1 aromatic heterocycles. The Bertz CT molecular complexity index is 400. The number of H-pyrrole nitrogens is 1. The molecule has 0 spiro atoms. The predicted molar refractivity (Wildman–Crippen MR) is 38.7 cm³/mol. The highest BCUT2D eigenvalue weighted by molar-refractivity contribution is 6.30. The van der Waals surface area contributed by atoms with Crippen LogP contribution in [0.5, 0.6) is 5.88 Å². The van der Waals surface area contributed by atoms with Crippen molar-refractivity contribution in [2.24, 2.45) is 0 Å². The first-order valence-electron chi connectivity index (χ1n) is 3.13. The van der Waals surface area contributed by atoms with Gasteiger partial charge in [0.25, 0.3) is 5.56 Å². The Kier molecular flexibility index (Phi) is 2.70. The highest BCUT2D eigenvalue weighted by Gasteiger charge is 2.33. The maximum absolute atomic E-state index is 12.7. The zero-order valence-electron chi connectivity index (χ0n) is 6.28. The summed E-state index contributed by atoms with van der Waals surface area (Å²) in [5.74, 6) is -2.71. The molecule has 1 aromatic rings. The number of rotatable bonds is 1. The molecule has 0 saturated carbocycles. The van der Waals surface area contributed by atoms with Crippen LogP contribution in [0.1, 0.15) is 0 Å². The van der Waals surface area contributed by atoms with Crippen LogP contribution in [0, 0.1) is 5.82 Å². The van der Waals surface area contributed by atoms with E-state index in [1.165, 1.54) is 4.98 Å². The van der Waals surface area contributed by atoms with E-state index in [1.807, 2.05) is 0 Å². The molecule has 78 valence electrons. The first kappa shape index (κ1) is 10.8. The molecule has 0 radical (unpaired) electrons. The molecule has 0 aliphatic carbocycles. The van der Waals surface area contributed by atoms with Crippen LogP contribution in [-0.2, 0) is 0 Å². The van der Waals surface area contributed by atoms with Crippen molar-refractivity contribution in [1.82, 2.24) is 4.98 Å². The monoisotopic (exact) mass is 231 g/mol. The van der Waals surface area contributed by atoms with Crippen molar-refractivity contribution in [3.05, 3.63) is 27.3 Å². The summed E-state index contributed by atoms with van der Waals surface area (Å²) in [6.07, 6.45) is -5.07. The number of halogens is 5. The number of hydrogen-bond acceptors (Lipinski definition) is 2. The fraction of sp³-hybridized carbons (Fsp3) is 0.167. The maximum Gasteiger partial charge on any atom is 0.574 e. The lowest BCUT2D eigenvalue weighted by atomic mass is 10.4. The van der Waals surface area contributed by atoms with Gasteiger partial charge in [0.15, 0.2) is 5.82 Å². The second kappa shape index (κ2) is 3.49. The maximum atomic E-state index is 12.7. The van der Waals surface area contributed by atoms with Gasteiger partial charge in [0, 0.05) is 6.07 Å². The van der Waals surface area contributed by atoms with E-state index in [4.69, 9.17) is 11.6 Å². The molecule has 0 fully saturated rings. The second-order valence-electron chi connectivity index (χ2n) is 2.17. The molecule has 0 aliphatic heterocycles. The zero-order valence-corrected chi connectivity index (χ0v) is 7.04. The minimum atomic E-state index is -5.07. The molecule has 3 nitrogen and oxygen atoms in total.